The van der Waals surface area contributed by atoms with Crippen LogP contribution in [0.2, 0.25) is 0 Å². The molecule has 78 valence electrons. The van der Waals surface area contributed by atoms with Crippen LogP contribution in [0.5, 0.6) is 5.75 Å². The fraction of sp³-hybridized carbons (Fsp3) is 0.400. The van der Waals surface area contributed by atoms with Crippen LogP contribution in [0.3, 0.4) is 0 Å². The van der Waals surface area contributed by atoms with Gasteiger partial charge in [-0.2, -0.15) is 0 Å². The number of aromatic hydroxyl groups is 1. The van der Waals surface area contributed by atoms with E-state index in [1.54, 1.807) is 0 Å². The van der Waals surface area contributed by atoms with Crippen molar-refractivity contribution in [1.29, 1.82) is 0 Å². The Hall–Kier alpha value is -0.0600. The maximum absolute atomic E-state index is 9.82. The van der Waals surface area contributed by atoms with Gasteiger partial charge in [0.2, 0.25) is 0 Å². The van der Waals surface area contributed by atoms with Crippen molar-refractivity contribution in [2.45, 2.75) is 19.8 Å². The van der Waals surface area contributed by atoms with Gasteiger partial charge in [0.1, 0.15) is 5.75 Å². The molecule has 1 rings (SSSR count). The van der Waals surface area contributed by atoms with E-state index in [1.165, 1.54) is 0 Å². The van der Waals surface area contributed by atoms with Crippen LogP contribution in [-0.2, 0) is 6.42 Å². The minimum absolute atomic E-state index is 0.333. The molecule has 4 heteroatoms. The van der Waals surface area contributed by atoms with Crippen LogP contribution in [-0.4, -0.2) is 11.7 Å². The molecule has 14 heavy (non-hydrogen) atoms. The topological polar surface area (TPSA) is 46.2 Å². The van der Waals surface area contributed by atoms with E-state index in [9.17, 15) is 5.11 Å². The summed E-state index contributed by atoms with van der Waals surface area (Å²) in [5.41, 5.74) is 7.37. The van der Waals surface area contributed by atoms with Crippen molar-refractivity contribution in [2.75, 3.05) is 6.54 Å². The first kappa shape index (κ1) is 12.0. The van der Waals surface area contributed by atoms with Crippen LogP contribution in [0.15, 0.2) is 15.0 Å². The Bertz CT molecular complexity index is 339. The summed E-state index contributed by atoms with van der Waals surface area (Å²) in [7, 11) is 0. The highest BCUT2D eigenvalue weighted by Crippen LogP contribution is 2.36. The quantitative estimate of drug-likeness (QED) is 0.898. The summed E-state index contributed by atoms with van der Waals surface area (Å²) in [6.07, 6.45) is 1.69. The number of hydrogen-bond donors (Lipinski definition) is 2. The SMILES string of the molecule is Cc1c(Br)cc(CCCN)c(O)c1Br. The Morgan fingerprint density at radius 2 is 2.07 bits per heavy atom. The van der Waals surface area contributed by atoms with Crippen LogP contribution in [0.25, 0.3) is 0 Å². The molecule has 0 atom stereocenters. The molecule has 0 spiro atoms. The highest BCUT2D eigenvalue weighted by atomic mass is 79.9. The summed E-state index contributed by atoms with van der Waals surface area (Å²) in [5, 5.41) is 9.82. The summed E-state index contributed by atoms with van der Waals surface area (Å²) in [5.74, 6) is 0.333. The van der Waals surface area contributed by atoms with Crippen LogP contribution >= 0.6 is 31.9 Å². The average Bonchev–Trinajstić information content (AvgIpc) is 2.18. The second kappa shape index (κ2) is 5.14. The lowest BCUT2D eigenvalue weighted by molar-refractivity contribution is 0.463. The van der Waals surface area contributed by atoms with E-state index in [4.69, 9.17) is 5.73 Å². The monoisotopic (exact) mass is 321 g/mol. The molecule has 3 N–H and O–H groups in total. The number of nitrogens with two attached hydrogens (primary N) is 1. The number of halogens is 2. The van der Waals surface area contributed by atoms with E-state index in [1.807, 2.05) is 13.0 Å². The third-order valence-electron chi connectivity index (χ3n) is 2.15. The zero-order valence-electron chi connectivity index (χ0n) is 7.98. The smallest absolute Gasteiger partial charge is 0.133 e. The van der Waals surface area contributed by atoms with Gasteiger partial charge < -0.3 is 10.8 Å². The summed E-state index contributed by atoms with van der Waals surface area (Å²) >= 11 is 6.81. The van der Waals surface area contributed by atoms with Crippen molar-refractivity contribution >= 4 is 31.9 Å². The van der Waals surface area contributed by atoms with Crippen LogP contribution in [0, 0.1) is 6.92 Å². The van der Waals surface area contributed by atoms with E-state index in [2.05, 4.69) is 31.9 Å². The lowest BCUT2D eigenvalue weighted by Gasteiger charge is -2.10. The molecule has 0 unspecified atom stereocenters. The molecule has 0 heterocycles. The van der Waals surface area contributed by atoms with E-state index in [0.717, 1.165) is 32.9 Å². The minimum Gasteiger partial charge on any atom is -0.506 e. The number of hydrogen-bond acceptors (Lipinski definition) is 2. The fourth-order valence-corrected chi connectivity index (χ4v) is 2.44. The maximum Gasteiger partial charge on any atom is 0.133 e. The Morgan fingerprint density at radius 3 is 2.64 bits per heavy atom. The molecule has 0 saturated heterocycles. The summed E-state index contributed by atoms with van der Waals surface area (Å²) in [4.78, 5) is 0. The van der Waals surface area contributed by atoms with E-state index in [-0.39, 0.29) is 0 Å². The third kappa shape index (κ3) is 2.49. The first-order chi connectivity index (χ1) is 6.57. The Balaban J connectivity index is 3.06. The van der Waals surface area contributed by atoms with Gasteiger partial charge in [0, 0.05) is 4.47 Å². The van der Waals surface area contributed by atoms with Crippen molar-refractivity contribution in [3.05, 3.63) is 26.1 Å². The summed E-state index contributed by atoms with van der Waals surface area (Å²) < 4.78 is 1.77. The molecular weight excluding hydrogens is 310 g/mol. The third-order valence-corrected chi connectivity index (χ3v) is 3.94. The standard InChI is InChI=1S/C10H13Br2NO/c1-6-8(11)5-7(3-2-4-13)10(14)9(6)12/h5,14H,2-4,13H2,1H3. The lowest BCUT2D eigenvalue weighted by atomic mass is 10.1. The molecule has 0 aliphatic rings. The highest BCUT2D eigenvalue weighted by molar-refractivity contribution is 9.11. The Morgan fingerprint density at radius 1 is 1.43 bits per heavy atom. The van der Waals surface area contributed by atoms with Gasteiger partial charge in [0.05, 0.1) is 4.47 Å². The number of phenols is 1. The van der Waals surface area contributed by atoms with E-state index < -0.39 is 0 Å². The number of aryl methyl sites for hydroxylation is 1. The molecule has 0 fully saturated rings. The molecule has 0 saturated carbocycles. The van der Waals surface area contributed by atoms with Gasteiger partial charge in [-0.15, -0.1) is 0 Å². The van der Waals surface area contributed by atoms with Gasteiger partial charge in [-0.25, -0.2) is 0 Å². The van der Waals surface area contributed by atoms with Gasteiger partial charge in [-0.05, 0) is 59.4 Å². The zero-order valence-corrected chi connectivity index (χ0v) is 11.2. The predicted molar refractivity (Wildman–Crippen MR) is 65.6 cm³/mol. The Kier molecular flexibility index (Phi) is 4.41. The predicted octanol–water partition coefficient (Wildman–Crippen LogP) is 3.12. The van der Waals surface area contributed by atoms with E-state index in [0.29, 0.717) is 12.3 Å². The lowest BCUT2D eigenvalue weighted by Crippen LogP contribution is -2.01. The van der Waals surface area contributed by atoms with Gasteiger partial charge >= 0.3 is 0 Å². The van der Waals surface area contributed by atoms with Gasteiger partial charge in [0.25, 0.3) is 0 Å². The van der Waals surface area contributed by atoms with Crippen LogP contribution in [0.1, 0.15) is 17.5 Å². The molecule has 0 aliphatic heterocycles. The van der Waals surface area contributed by atoms with Crippen LogP contribution < -0.4 is 5.73 Å². The highest BCUT2D eigenvalue weighted by Gasteiger charge is 2.10. The molecule has 1 aromatic rings. The summed E-state index contributed by atoms with van der Waals surface area (Å²) in [6, 6.07) is 1.95. The molecule has 0 aromatic heterocycles. The summed E-state index contributed by atoms with van der Waals surface area (Å²) in [6.45, 7) is 2.59. The molecule has 2 nitrogen and oxygen atoms in total. The van der Waals surface area contributed by atoms with Crippen molar-refractivity contribution in [3.63, 3.8) is 0 Å². The second-order valence-corrected chi connectivity index (χ2v) is 4.84. The average molecular weight is 323 g/mol. The molecule has 0 radical (unpaired) electrons. The van der Waals surface area contributed by atoms with Gasteiger partial charge in [-0.3, -0.25) is 0 Å². The number of rotatable bonds is 3. The molecule has 0 amide bonds. The Labute approximate surface area is 101 Å². The van der Waals surface area contributed by atoms with Gasteiger partial charge in [-0.1, -0.05) is 15.9 Å². The van der Waals surface area contributed by atoms with Crippen molar-refractivity contribution in [3.8, 4) is 5.75 Å². The largest absolute Gasteiger partial charge is 0.506 e. The van der Waals surface area contributed by atoms with Crippen LogP contribution in [0.4, 0.5) is 0 Å². The number of phenolic OH excluding ortho intramolecular Hbond substituents is 1. The molecular formula is C10H13Br2NO. The van der Waals surface area contributed by atoms with Crippen molar-refractivity contribution in [2.24, 2.45) is 5.73 Å². The number of benzene rings is 1. The van der Waals surface area contributed by atoms with Crippen molar-refractivity contribution in [1.82, 2.24) is 0 Å². The van der Waals surface area contributed by atoms with Gasteiger partial charge in [0.15, 0.2) is 0 Å². The minimum atomic E-state index is 0.333. The van der Waals surface area contributed by atoms with Crippen molar-refractivity contribution < 1.29 is 5.11 Å². The molecule has 1 aromatic carbocycles. The molecule has 0 bridgehead atoms. The first-order valence-electron chi connectivity index (χ1n) is 4.44. The normalized spacial score (nSPS) is 10.6. The zero-order chi connectivity index (χ0) is 10.7. The fourth-order valence-electron chi connectivity index (χ4n) is 1.24. The van der Waals surface area contributed by atoms with E-state index >= 15 is 0 Å². The second-order valence-electron chi connectivity index (χ2n) is 3.20. The maximum atomic E-state index is 9.82. The molecule has 0 aliphatic carbocycles. The first-order valence-corrected chi connectivity index (χ1v) is 6.03.